The minimum Gasteiger partial charge on any atom is -0.392 e. The molecule has 1 aromatic carbocycles. The van der Waals surface area contributed by atoms with Gasteiger partial charge in [-0.05, 0) is 26.8 Å². The number of anilines is 1. The minimum atomic E-state index is -0.531. The highest BCUT2D eigenvalue weighted by atomic mass is 32.1. The molecule has 2 aromatic heterocycles. The summed E-state index contributed by atoms with van der Waals surface area (Å²) in [4.78, 5) is 29.7. The van der Waals surface area contributed by atoms with Gasteiger partial charge in [-0.25, -0.2) is 9.67 Å². The molecule has 30 heavy (non-hydrogen) atoms. The summed E-state index contributed by atoms with van der Waals surface area (Å²) in [6, 6.07) is 12.7. The van der Waals surface area contributed by atoms with Gasteiger partial charge in [0.05, 0.1) is 29.3 Å². The van der Waals surface area contributed by atoms with E-state index in [1.54, 1.807) is 13.0 Å². The lowest BCUT2D eigenvalue weighted by Gasteiger charge is -2.09. The number of hydrogen-bond donors (Lipinski definition) is 3. The van der Waals surface area contributed by atoms with Crippen molar-refractivity contribution in [1.29, 1.82) is 0 Å². The Hall–Kier alpha value is -2.88. The van der Waals surface area contributed by atoms with E-state index in [-0.39, 0.29) is 24.1 Å². The second kappa shape index (κ2) is 9.75. The van der Waals surface area contributed by atoms with Crippen LogP contribution < -0.4 is 16.2 Å². The third kappa shape index (κ3) is 5.38. The molecule has 3 N–H and O–H groups in total. The molecule has 158 valence electrons. The van der Waals surface area contributed by atoms with Crippen molar-refractivity contribution in [2.75, 3.05) is 18.4 Å². The summed E-state index contributed by atoms with van der Waals surface area (Å²) in [5.74, 6) is -0.254. The van der Waals surface area contributed by atoms with Gasteiger partial charge in [0.15, 0.2) is 5.13 Å². The number of nitrogens with one attached hydrogen (secondary N) is 2. The van der Waals surface area contributed by atoms with Crippen LogP contribution in [-0.2, 0) is 4.79 Å². The van der Waals surface area contributed by atoms with Gasteiger partial charge in [0.1, 0.15) is 5.69 Å². The van der Waals surface area contributed by atoms with Gasteiger partial charge in [0.25, 0.3) is 5.56 Å². The molecule has 2 heterocycles. The molecule has 8 nitrogen and oxygen atoms in total. The summed E-state index contributed by atoms with van der Waals surface area (Å²) in [5, 5.41) is 19.9. The van der Waals surface area contributed by atoms with Crippen LogP contribution in [-0.4, -0.2) is 45.0 Å². The number of hydrogen-bond acceptors (Lipinski definition) is 7. The lowest BCUT2D eigenvalue weighted by atomic mass is 10.1. The van der Waals surface area contributed by atoms with Gasteiger partial charge in [-0.15, -0.1) is 0 Å². The van der Waals surface area contributed by atoms with Gasteiger partial charge >= 0.3 is 0 Å². The molecule has 0 bridgehead atoms. The second-order valence-corrected chi connectivity index (χ2v) is 8.19. The monoisotopic (exact) mass is 427 g/mol. The Kier molecular flexibility index (Phi) is 7.09. The van der Waals surface area contributed by atoms with Crippen molar-refractivity contribution >= 4 is 22.4 Å². The first kappa shape index (κ1) is 21.8. The third-order valence-electron chi connectivity index (χ3n) is 4.19. The Labute approximate surface area is 178 Å². The van der Waals surface area contributed by atoms with Crippen molar-refractivity contribution in [1.82, 2.24) is 20.1 Å². The molecule has 3 aromatic rings. The third-order valence-corrected chi connectivity index (χ3v) is 5.19. The van der Waals surface area contributed by atoms with Crippen LogP contribution in [0.4, 0.5) is 5.13 Å². The number of aromatic nitrogens is 3. The molecule has 0 fully saturated rings. The summed E-state index contributed by atoms with van der Waals surface area (Å²) in [6.45, 7) is 5.83. The molecule has 0 spiro atoms. The SMILES string of the molecule is CC(C)n1nc(-c2sc(NC(=O)CNC[C@@H](C)O)nc2-c2ccccc2)ccc1=O. The molecular weight excluding hydrogens is 402 g/mol. The van der Waals surface area contributed by atoms with Crippen molar-refractivity contribution in [2.45, 2.75) is 32.9 Å². The van der Waals surface area contributed by atoms with Gasteiger partial charge in [-0.3, -0.25) is 9.59 Å². The Morgan fingerprint density at radius 1 is 1.17 bits per heavy atom. The smallest absolute Gasteiger partial charge is 0.267 e. The zero-order valence-electron chi connectivity index (χ0n) is 17.1. The maximum atomic E-state index is 12.2. The number of amides is 1. The molecule has 0 unspecified atom stereocenters. The Morgan fingerprint density at radius 3 is 2.57 bits per heavy atom. The normalized spacial score (nSPS) is 12.2. The number of carbonyl (C=O) groups excluding carboxylic acids is 1. The molecular formula is C21H25N5O3S. The van der Waals surface area contributed by atoms with E-state index in [1.807, 2.05) is 44.2 Å². The van der Waals surface area contributed by atoms with Gasteiger partial charge in [-0.2, -0.15) is 5.10 Å². The molecule has 0 aliphatic rings. The first-order valence-corrected chi connectivity index (χ1v) is 10.5. The number of aliphatic hydroxyl groups is 1. The molecule has 0 saturated heterocycles. The highest BCUT2D eigenvalue weighted by Crippen LogP contribution is 2.37. The quantitative estimate of drug-likeness (QED) is 0.510. The Balaban J connectivity index is 1.95. The first-order valence-electron chi connectivity index (χ1n) is 9.70. The van der Waals surface area contributed by atoms with Crippen molar-refractivity contribution < 1.29 is 9.90 Å². The number of rotatable bonds is 8. The molecule has 1 atom stereocenters. The Morgan fingerprint density at radius 2 is 1.90 bits per heavy atom. The van der Waals surface area contributed by atoms with Crippen LogP contribution >= 0.6 is 11.3 Å². The summed E-state index contributed by atoms with van der Waals surface area (Å²) in [5.41, 5.74) is 2.03. The van der Waals surface area contributed by atoms with E-state index >= 15 is 0 Å². The number of aliphatic hydroxyl groups excluding tert-OH is 1. The lowest BCUT2D eigenvalue weighted by molar-refractivity contribution is -0.115. The molecule has 9 heteroatoms. The highest BCUT2D eigenvalue weighted by molar-refractivity contribution is 7.19. The number of carbonyl (C=O) groups is 1. The Bertz CT molecular complexity index is 1060. The van der Waals surface area contributed by atoms with E-state index in [2.05, 4.69) is 20.7 Å². The van der Waals surface area contributed by atoms with E-state index in [0.29, 0.717) is 23.1 Å². The van der Waals surface area contributed by atoms with E-state index in [1.165, 1.54) is 22.1 Å². The predicted octanol–water partition coefficient (Wildman–Crippen LogP) is 2.52. The zero-order chi connectivity index (χ0) is 21.7. The average molecular weight is 428 g/mol. The summed E-state index contributed by atoms with van der Waals surface area (Å²) < 4.78 is 1.43. The number of thiazole rings is 1. The molecule has 0 radical (unpaired) electrons. The average Bonchev–Trinajstić information content (AvgIpc) is 3.12. The van der Waals surface area contributed by atoms with Gasteiger partial charge in [0.2, 0.25) is 5.91 Å². The fraction of sp³-hybridized carbons (Fsp3) is 0.333. The van der Waals surface area contributed by atoms with Crippen molar-refractivity contribution in [3.8, 4) is 21.8 Å². The standard InChI is InChI=1S/C21H25N5O3S/c1-13(2)26-18(29)10-9-16(25-26)20-19(15-7-5-4-6-8-15)24-21(30-20)23-17(28)12-22-11-14(3)27/h4-10,13-14,22,27H,11-12H2,1-3H3,(H,23,24,28)/t14-/m1/s1. The molecule has 1 amide bonds. The van der Waals surface area contributed by atoms with Gasteiger partial charge < -0.3 is 15.7 Å². The first-order chi connectivity index (χ1) is 14.3. The number of nitrogens with zero attached hydrogens (tertiary/aromatic N) is 3. The highest BCUT2D eigenvalue weighted by Gasteiger charge is 2.18. The maximum Gasteiger partial charge on any atom is 0.267 e. The minimum absolute atomic E-state index is 0.0664. The van der Waals surface area contributed by atoms with Crippen LogP contribution in [0.25, 0.3) is 21.8 Å². The van der Waals surface area contributed by atoms with Crippen molar-refractivity contribution in [3.05, 3.63) is 52.8 Å². The van der Waals surface area contributed by atoms with Crippen LogP contribution in [0, 0.1) is 0 Å². The van der Waals surface area contributed by atoms with Gasteiger partial charge in [-0.1, -0.05) is 41.7 Å². The van der Waals surface area contributed by atoms with Crippen LogP contribution in [0.2, 0.25) is 0 Å². The molecule has 0 aliphatic heterocycles. The summed E-state index contributed by atoms with van der Waals surface area (Å²) in [6.07, 6.45) is -0.531. The van der Waals surface area contributed by atoms with Gasteiger partial charge in [0, 0.05) is 18.2 Å². The fourth-order valence-electron chi connectivity index (χ4n) is 2.81. The van der Waals surface area contributed by atoms with Crippen molar-refractivity contribution in [2.24, 2.45) is 0 Å². The fourth-order valence-corrected chi connectivity index (χ4v) is 3.78. The van der Waals surface area contributed by atoms with E-state index in [4.69, 9.17) is 0 Å². The number of benzene rings is 1. The largest absolute Gasteiger partial charge is 0.392 e. The van der Waals surface area contributed by atoms with Crippen LogP contribution in [0.15, 0.2) is 47.3 Å². The molecule has 0 saturated carbocycles. The second-order valence-electron chi connectivity index (χ2n) is 7.19. The zero-order valence-corrected chi connectivity index (χ0v) is 17.9. The predicted molar refractivity (Wildman–Crippen MR) is 119 cm³/mol. The summed E-state index contributed by atoms with van der Waals surface area (Å²) >= 11 is 1.30. The summed E-state index contributed by atoms with van der Waals surface area (Å²) in [7, 11) is 0. The van der Waals surface area contributed by atoms with Crippen molar-refractivity contribution in [3.63, 3.8) is 0 Å². The maximum absolute atomic E-state index is 12.2. The van der Waals surface area contributed by atoms with E-state index in [9.17, 15) is 14.7 Å². The molecule has 0 aliphatic carbocycles. The van der Waals surface area contributed by atoms with Crippen LogP contribution in [0.3, 0.4) is 0 Å². The molecule has 3 rings (SSSR count). The van der Waals surface area contributed by atoms with E-state index < -0.39 is 6.10 Å². The van der Waals surface area contributed by atoms with E-state index in [0.717, 1.165) is 10.4 Å². The van der Waals surface area contributed by atoms with Crippen LogP contribution in [0.5, 0.6) is 0 Å². The lowest BCUT2D eigenvalue weighted by Crippen LogP contribution is -2.32. The van der Waals surface area contributed by atoms with Crippen LogP contribution in [0.1, 0.15) is 26.8 Å². The topological polar surface area (TPSA) is 109 Å².